The lowest BCUT2D eigenvalue weighted by Gasteiger charge is -2.15. The van der Waals surface area contributed by atoms with E-state index in [1.165, 1.54) is 0 Å². The Bertz CT molecular complexity index is 705. The second kappa shape index (κ2) is 8.85. The van der Waals surface area contributed by atoms with E-state index in [1.54, 1.807) is 35.5 Å². The fraction of sp³-hybridized carbons (Fsp3) is 0.368. The molecule has 136 valence electrons. The number of aryl methyl sites for hydroxylation is 2. The molecular formula is C19H23BrO5. The van der Waals surface area contributed by atoms with Gasteiger partial charge in [0.2, 0.25) is 5.75 Å². The maximum Gasteiger partial charge on any atom is 0.203 e. The van der Waals surface area contributed by atoms with E-state index in [2.05, 4.69) is 15.9 Å². The Morgan fingerprint density at radius 3 is 1.68 bits per heavy atom. The molecule has 0 saturated carbocycles. The highest BCUT2D eigenvalue weighted by atomic mass is 79.9. The van der Waals surface area contributed by atoms with Crippen molar-refractivity contribution in [3.05, 3.63) is 39.9 Å². The summed E-state index contributed by atoms with van der Waals surface area (Å²) >= 11 is 3.52. The van der Waals surface area contributed by atoms with Crippen molar-refractivity contribution in [1.82, 2.24) is 0 Å². The van der Waals surface area contributed by atoms with Crippen molar-refractivity contribution in [2.45, 2.75) is 12.8 Å². The van der Waals surface area contributed by atoms with E-state index in [0.717, 1.165) is 39.9 Å². The smallest absolute Gasteiger partial charge is 0.203 e. The van der Waals surface area contributed by atoms with Crippen molar-refractivity contribution in [1.29, 1.82) is 0 Å². The summed E-state index contributed by atoms with van der Waals surface area (Å²) in [5.41, 5.74) is 2.17. The van der Waals surface area contributed by atoms with Gasteiger partial charge in [0.1, 0.15) is 11.5 Å². The number of ether oxygens (including phenoxy) is 5. The van der Waals surface area contributed by atoms with Crippen LogP contribution in [0.4, 0.5) is 0 Å². The van der Waals surface area contributed by atoms with E-state index in [1.807, 2.05) is 24.3 Å². The van der Waals surface area contributed by atoms with Crippen LogP contribution in [0.25, 0.3) is 0 Å². The summed E-state index contributed by atoms with van der Waals surface area (Å²) < 4.78 is 27.9. The molecule has 2 aromatic rings. The molecule has 0 atom stereocenters. The van der Waals surface area contributed by atoms with Gasteiger partial charge in [0.25, 0.3) is 0 Å². The van der Waals surface area contributed by atoms with Gasteiger partial charge in [-0.2, -0.15) is 0 Å². The van der Waals surface area contributed by atoms with Gasteiger partial charge in [-0.05, 0) is 58.1 Å². The third kappa shape index (κ3) is 4.31. The summed E-state index contributed by atoms with van der Waals surface area (Å²) in [4.78, 5) is 0. The van der Waals surface area contributed by atoms with Gasteiger partial charge in [-0.15, -0.1) is 0 Å². The zero-order valence-corrected chi connectivity index (χ0v) is 16.7. The van der Waals surface area contributed by atoms with Crippen LogP contribution >= 0.6 is 15.9 Å². The zero-order chi connectivity index (χ0) is 18.4. The molecule has 5 nitrogen and oxygen atoms in total. The third-order valence-corrected chi connectivity index (χ3v) is 4.58. The standard InChI is InChI=1S/C19H23BrO5/c1-21-15-11-16(22-2)14(20)10-13(15)7-6-12-8-17(23-3)19(25-5)18(9-12)24-4/h8-11H,6-7H2,1-5H3. The van der Waals surface area contributed by atoms with Crippen molar-refractivity contribution < 1.29 is 23.7 Å². The minimum absolute atomic E-state index is 0.596. The predicted octanol–water partition coefficient (Wildman–Crippen LogP) is 4.28. The van der Waals surface area contributed by atoms with E-state index < -0.39 is 0 Å². The Labute approximate surface area is 156 Å². The average Bonchev–Trinajstić information content (AvgIpc) is 2.65. The van der Waals surface area contributed by atoms with Gasteiger partial charge in [-0.1, -0.05) is 0 Å². The first-order valence-corrected chi connectivity index (χ1v) is 8.56. The van der Waals surface area contributed by atoms with Crippen LogP contribution in [0.1, 0.15) is 11.1 Å². The summed E-state index contributed by atoms with van der Waals surface area (Å²) in [6.07, 6.45) is 1.59. The fourth-order valence-electron chi connectivity index (χ4n) is 2.68. The summed E-state index contributed by atoms with van der Waals surface area (Å²) in [5.74, 6) is 3.44. The molecule has 2 rings (SSSR count). The van der Waals surface area contributed by atoms with Crippen LogP contribution in [-0.4, -0.2) is 35.5 Å². The van der Waals surface area contributed by atoms with Crippen molar-refractivity contribution >= 4 is 15.9 Å². The van der Waals surface area contributed by atoms with E-state index >= 15 is 0 Å². The van der Waals surface area contributed by atoms with Crippen LogP contribution in [0, 0.1) is 0 Å². The van der Waals surface area contributed by atoms with E-state index in [-0.39, 0.29) is 0 Å². The zero-order valence-electron chi connectivity index (χ0n) is 15.1. The van der Waals surface area contributed by atoms with E-state index in [9.17, 15) is 0 Å². The Morgan fingerprint density at radius 2 is 1.20 bits per heavy atom. The van der Waals surface area contributed by atoms with Gasteiger partial charge in [-0.3, -0.25) is 0 Å². The summed E-state index contributed by atoms with van der Waals surface area (Å²) in [6.45, 7) is 0. The number of halogens is 1. The topological polar surface area (TPSA) is 46.2 Å². The molecule has 0 aromatic heterocycles. The second-order valence-electron chi connectivity index (χ2n) is 5.33. The van der Waals surface area contributed by atoms with Gasteiger partial charge >= 0.3 is 0 Å². The lowest BCUT2D eigenvalue weighted by atomic mass is 10.0. The Balaban J connectivity index is 2.28. The van der Waals surface area contributed by atoms with Gasteiger partial charge in [0.15, 0.2) is 11.5 Å². The van der Waals surface area contributed by atoms with E-state index in [4.69, 9.17) is 23.7 Å². The minimum atomic E-state index is 0.596. The second-order valence-corrected chi connectivity index (χ2v) is 6.19. The Kier molecular flexibility index (Phi) is 6.82. The molecule has 2 aromatic carbocycles. The molecule has 6 heteroatoms. The highest BCUT2D eigenvalue weighted by Gasteiger charge is 2.14. The highest BCUT2D eigenvalue weighted by molar-refractivity contribution is 9.10. The first-order chi connectivity index (χ1) is 12.1. The van der Waals surface area contributed by atoms with Crippen LogP contribution in [-0.2, 0) is 12.8 Å². The van der Waals surface area contributed by atoms with Crippen molar-refractivity contribution in [2.75, 3.05) is 35.5 Å². The number of benzene rings is 2. The molecule has 0 saturated heterocycles. The van der Waals surface area contributed by atoms with Gasteiger partial charge in [0.05, 0.1) is 40.0 Å². The quantitative estimate of drug-likeness (QED) is 0.649. The number of hydrogen-bond donors (Lipinski definition) is 0. The Morgan fingerprint density at radius 1 is 0.640 bits per heavy atom. The normalized spacial score (nSPS) is 10.3. The number of rotatable bonds is 8. The van der Waals surface area contributed by atoms with Crippen molar-refractivity contribution in [3.8, 4) is 28.7 Å². The lowest BCUT2D eigenvalue weighted by Crippen LogP contribution is -2.00. The maximum atomic E-state index is 5.49. The van der Waals surface area contributed by atoms with Crippen LogP contribution in [0.5, 0.6) is 28.7 Å². The minimum Gasteiger partial charge on any atom is -0.496 e. The van der Waals surface area contributed by atoms with Crippen LogP contribution in [0.3, 0.4) is 0 Å². The first-order valence-electron chi connectivity index (χ1n) is 7.77. The van der Waals surface area contributed by atoms with Crippen LogP contribution in [0.15, 0.2) is 28.7 Å². The van der Waals surface area contributed by atoms with Crippen molar-refractivity contribution in [2.24, 2.45) is 0 Å². The predicted molar refractivity (Wildman–Crippen MR) is 101 cm³/mol. The van der Waals surface area contributed by atoms with Gasteiger partial charge in [-0.25, -0.2) is 0 Å². The molecule has 0 spiro atoms. The van der Waals surface area contributed by atoms with Gasteiger partial charge < -0.3 is 23.7 Å². The third-order valence-electron chi connectivity index (χ3n) is 3.96. The first kappa shape index (κ1) is 19.2. The summed E-state index contributed by atoms with van der Waals surface area (Å²) in [6, 6.07) is 7.84. The van der Waals surface area contributed by atoms with Crippen LogP contribution < -0.4 is 23.7 Å². The molecule has 0 aliphatic rings. The molecule has 0 N–H and O–H groups in total. The summed E-state index contributed by atoms with van der Waals surface area (Å²) in [7, 11) is 8.12. The molecule has 0 unspecified atom stereocenters. The monoisotopic (exact) mass is 410 g/mol. The average molecular weight is 411 g/mol. The molecule has 0 fully saturated rings. The molecule has 0 heterocycles. The van der Waals surface area contributed by atoms with E-state index in [0.29, 0.717) is 17.2 Å². The summed E-state index contributed by atoms with van der Waals surface area (Å²) in [5, 5.41) is 0. The molecule has 25 heavy (non-hydrogen) atoms. The number of hydrogen-bond acceptors (Lipinski definition) is 5. The molecule has 0 aliphatic heterocycles. The molecular weight excluding hydrogens is 388 g/mol. The van der Waals surface area contributed by atoms with Crippen molar-refractivity contribution in [3.63, 3.8) is 0 Å². The number of methoxy groups -OCH3 is 5. The molecule has 0 amide bonds. The maximum absolute atomic E-state index is 5.49. The molecule has 0 bridgehead atoms. The Hall–Kier alpha value is -2.08. The van der Waals surface area contributed by atoms with Crippen LogP contribution in [0.2, 0.25) is 0 Å². The fourth-order valence-corrected chi connectivity index (χ4v) is 3.23. The largest absolute Gasteiger partial charge is 0.496 e. The molecule has 0 aliphatic carbocycles. The molecule has 0 radical (unpaired) electrons. The highest BCUT2D eigenvalue weighted by Crippen LogP contribution is 2.39. The lowest BCUT2D eigenvalue weighted by molar-refractivity contribution is 0.324. The SMILES string of the molecule is COc1cc(OC)c(CCc2cc(OC)c(OC)c(OC)c2)cc1Br. The van der Waals surface area contributed by atoms with Gasteiger partial charge in [0, 0.05) is 6.07 Å².